The quantitative estimate of drug-likeness (QED) is 0.758. The molecule has 0 bridgehead atoms. The molecule has 0 fully saturated rings. The topological polar surface area (TPSA) is 72.2 Å². The number of carbonyl (C=O) groups excluding carboxylic acids is 2. The second-order valence-corrected chi connectivity index (χ2v) is 3.51. The molecule has 1 aromatic carbocycles. The number of nitrogens with two attached hydrogens (primary N) is 1. The van der Waals surface area contributed by atoms with Gasteiger partial charge in [-0.2, -0.15) is 0 Å². The first-order valence-electron chi connectivity index (χ1n) is 4.64. The Morgan fingerprint density at radius 3 is 2.47 bits per heavy atom. The van der Waals surface area contributed by atoms with Crippen LogP contribution in [0.5, 0.6) is 0 Å². The lowest BCUT2D eigenvalue weighted by Crippen LogP contribution is -2.35. The molecule has 0 saturated heterocycles. The Morgan fingerprint density at radius 2 is 1.93 bits per heavy atom. The molecular weight excluding hydrogens is 192 g/mol. The monoisotopic (exact) mass is 206 g/mol. The summed E-state index contributed by atoms with van der Waals surface area (Å²) in [5, 5.41) is 2.03. The Morgan fingerprint density at radius 1 is 1.27 bits per heavy atom. The highest BCUT2D eigenvalue weighted by Crippen LogP contribution is 2.10. The highest BCUT2D eigenvalue weighted by Gasteiger charge is 2.05. The first kappa shape index (κ1) is 11.2. The van der Waals surface area contributed by atoms with E-state index in [1.165, 1.54) is 5.56 Å². The maximum absolute atomic E-state index is 11.2. The predicted molar refractivity (Wildman–Crippen MR) is 57.3 cm³/mol. The van der Waals surface area contributed by atoms with Crippen molar-refractivity contribution in [1.82, 2.24) is 5.32 Å². The first-order valence-corrected chi connectivity index (χ1v) is 4.64. The van der Waals surface area contributed by atoms with Crippen molar-refractivity contribution in [3.8, 4) is 0 Å². The molecule has 0 aromatic heterocycles. The highest BCUT2D eigenvalue weighted by molar-refractivity contribution is 5.94. The van der Waals surface area contributed by atoms with Gasteiger partial charge in [0.05, 0.1) is 6.42 Å². The number of urea groups is 1. The third kappa shape index (κ3) is 3.42. The fraction of sp³-hybridized carbons (Fsp3) is 0.273. The Labute approximate surface area is 88.5 Å². The van der Waals surface area contributed by atoms with E-state index in [1.54, 1.807) is 0 Å². The fourth-order valence-corrected chi connectivity index (χ4v) is 1.28. The third-order valence-corrected chi connectivity index (χ3v) is 2.20. The van der Waals surface area contributed by atoms with Crippen LogP contribution in [0.3, 0.4) is 0 Å². The molecule has 15 heavy (non-hydrogen) atoms. The zero-order valence-electron chi connectivity index (χ0n) is 8.83. The van der Waals surface area contributed by atoms with E-state index >= 15 is 0 Å². The van der Waals surface area contributed by atoms with Gasteiger partial charge in [0.15, 0.2) is 0 Å². The zero-order chi connectivity index (χ0) is 11.4. The van der Waals surface area contributed by atoms with E-state index in [1.807, 2.05) is 37.4 Å². The Kier molecular flexibility index (Phi) is 3.44. The molecule has 4 nitrogen and oxygen atoms in total. The van der Waals surface area contributed by atoms with Gasteiger partial charge in [-0.15, -0.1) is 0 Å². The number of hydrogen-bond donors (Lipinski definition) is 2. The van der Waals surface area contributed by atoms with E-state index in [0.29, 0.717) is 0 Å². The van der Waals surface area contributed by atoms with Crippen molar-refractivity contribution in [3.05, 3.63) is 34.9 Å². The first-order chi connectivity index (χ1) is 6.99. The van der Waals surface area contributed by atoms with Crippen LogP contribution in [-0.4, -0.2) is 11.9 Å². The van der Waals surface area contributed by atoms with Crippen molar-refractivity contribution in [2.45, 2.75) is 20.3 Å². The van der Waals surface area contributed by atoms with Gasteiger partial charge >= 0.3 is 6.03 Å². The molecule has 0 radical (unpaired) electrons. The minimum Gasteiger partial charge on any atom is -0.351 e. The number of carbonyl (C=O) groups is 2. The summed E-state index contributed by atoms with van der Waals surface area (Å²) in [7, 11) is 0. The predicted octanol–water partition coefficient (Wildman–Crippen LogP) is 1.04. The summed E-state index contributed by atoms with van der Waals surface area (Å²) in [5.41, 5.74) is 8.00. The molecule has 0 aliphatic carbocycles. The van der Waals surface area contributed by atoms with Gasteiger partial charge in [-0.1, -0.05) is 18.2 Å². The number of imide groups is 1. The fourth-order valence-electron chi connectivity index (χ4n) is 1.28. The molecule has 0 atom stereocenters. The van der Waals surface area contributed by atoms with Crippen LogP contribution < -0.4 is 11.1 Å². The number of primary amides is 1. The number of amides is 3. The van der Waals surface area contributed by atoms with Crippen LogP contribution in [-0.2, 0) is 11.2 Å². The van der Waals surface area contributed by atoms with Crippen LogP contribution in [0.1, 0.15) is 16.7 Å². The van der Waals surface area contributed by atoms with Gasteiger partial charge in [0.2, 0.25) is 5.91 Å². The molecule has 1 rings (SSSR count). The third-order valence-electron chi connectivity index (χ3n) is 2.20. The van der Waals surface area contributed by atoms with Crippen LogP contribution in [0.4, 0.5) is 4.79 Å². The number of benzene rings is 1. The minimum absolute atomic E-state index is 0.171. The average molecular weight is 206 g/mol. The van der Waals surface area contributed by atoms with Gasteiger partial charge in [0.25, 0.3) is 0 Å². The van der Waals surface area contributed by atoms with Crippen molar-refractivity contribution < 1.29 is 9.59 Å². The molecule has 80 valence electrons. The maximum atomic E-state index is 11.2. The van der Waals surface area contributed by atoms with Crippen LogP contribution in [0.2, 0.25) is 0 Å². The maximum Gasteiger partial charge on any atom is 0.318 e. The van der Waals surface area contributed by atoms with E-state index in [-0.39, 0.29) is 12.3 Å². The summed E-state index contributed by atoms with van der Waals surface area (Å²) in [4.78, 5) is 21.6. The van der Waals surface area contributed by atoms with E-state index in [4.69, 9.17) is 5.73 Å². The second kappa shape index (κ2) is 4.59. The zero-order valence-corrected chi connectivity index (χ0v) is 8.83. The standard InChI is InChI=1S/C11H14N2O2/c1-7-3-4-9(5-8(7)2)6-10(14)13-11(12)15/h3-5H,6H2,1-2H3,(H3,12,13,14,15). The molecule has 0 unspecified atom stereocenters. The van der Waals surface area contributed by atoms with Crippen LogP contribution >= 0.6 is 0 Å². The normalized spacial score (nSPS) is 9.73. The van der Waals surface area contributed by atoms with Gasteiger partial charge in [-0.05, 0) is 30.5 Å². The SMILES string of the molecule is Cc1ccc(CC(=O)NC(N)=O)cc1C. The molecule has 0 saturated carbocycles. The summed E-state index contributed by atoms with van der Waals surface area (Å²) in [6, 6.07) is 4.92. The number of nitrogens with one attached hydrogen (secondary N) is 1. The lowest BCUT2D eigenvalue weighted by Gasteiger charge is -2.04. The van der Waals surface area contributed by atoms with E-state index in [0.717, 1.165) is 11.1 Å². The molecule has 0 spiro atoms. The molecule has 1 aromatic rings. The van der Waals surface area contributed by atoms with Gasteiger partial charge in [0, 0.05) is 0 Å². The van der Waals surface area contributed by atoms with Crippen molar-refractivity contribution in [1.29, 1.82) is 0 Å². The molecular formula is C11H14N2O2. The summed E-state index contributed by atoms with van der Waals surface area (Å²) in [6.07, 6.45) is 0.171. The molecule has 3 amide bonds. The van der Waals surface area contributed by atoms with E-state index in [9.17, 15) is 9.59 Å². The Balaban J connectivity index is 2.69. The summed E-state index contributed by atoms with van der Waals surface area (Å²) >= 11 is 0. The highest BCUT2D eigenvalue weighted by atomic mass is 16.2. The Hall–Kier alpha value is -1.84. The summed E-state index contributed by atoms with van der Waals surface area (Å²) in [5.74, 6) is -0.384. The second-order valence-electron chi connectivity index (χ2n) is 3.51. The van der Waals surface area contributed by atoms with E-state index < -0.39 is 6.03 Å². The van der Waals surface area contributed by atoms with Gasteiger partial charge < -0.3 is 5.73 Å². The van der Waals surface area contributed by atoms with Crippen molar-refractivity contribution in [3.63, 3.8) is 0 Å². The Bertz CT molecular complexity index is 400. The summed E-state index contributed by atoms with van der Waals surface area (Å²) in [6.45, 7) is 3.98. The minimum atomic E-state index is -0.816. The van der Waals surface area contributed by atoms with Gasteiger partial charge in [0.1, 0.15) is 0 Å². The van der Waals surface area contributed by atoms with Crippen molar-refractivity contribution >= 4 is 11.9 Å². The molecule has 4 heteroatoms. The van der Waals surface area contributed by atoms with Crippen LogP contribution in [0.25, 0.3) is 0 Å². The number of hydrogen-bond acceptors (Lipinski definition) is 2. The van der Waals surface area contributed by atoms with Crippen molar-refractivity contribution in [2.75, 3.05) is 0 Å². The number of rotatable bonds is 2. The average Bonchev–Trinajstić information content (AvgIpc) is 2.10. The number of aryl methyl sites for hydroxylation is 2. The lowest BCUT2D eigenvalue weighted by molar-refractivity contribution is -0.119. The smallest absolute Gasteiger partial charge is 0.318 e. The van der Waals surface area contributed by atoms with Crippen LogP contribution in [0.15, 0.2) is 18.2 Å². The lowest BCUT2D eigenvalue weighted by atomic mass is 10.0. The molecule has 0 aliphatic heterocycles. The molecule has 0 heterocycles. The van der Waals surface area contributed by atoms with E-state index in [2.05, 4.69) is 0 Å². The van der Waals surface area contributed by atoms with Gasteiger partial charge in [-0.25, -0.2) is 4.79 Å². The largest absolute Gasteiger partial charge is 0.351 e. The molecule has 3 N–H and O–H groups in total. The van der Waals surface area contributed by atoms with Crippen molar-refractivity contribution in [2.24, 2.45) is 5.73 Å². The molecule has 0 aliphatic rings. The summed E-state index contributed by atoms with van der Waals surface area (Å²) < 4.78 is 0. The van der Waals surface area contributed by atoms with Gasteiger partial charge in [-0.3, -0.25) is 10.1 Å². The van der Waals surface area contributed by atoms with Crippen LogP contribution in [0, 0.1) is 13.8 Å².